The van der Waals surface area contributed by atoms with Gasteiger partial charge < -0.3 is 10.5 Å². The molecule has 10 heteroatoms. The van der Waals surface area contributed by atoms with Crippen LogP contribution in [0.3, 0.4) is 0 Å². The number of sulfonamides is 1. The Hall–Kier alpha value is -1.00. The van der Waals surface area contributed by atoms with Crippen LogP contribution < -0.4 is 15.6 Å². The molecule has 1 rings (SSSR count). The third-order valence-electron chi connectivity index (χ3n) is 1.64. The lowest BCUT2D eigenvalue weighted by Gasteiger charge is -2.13. The first-order chi connectivity index (χ1) is 7.52. The third kappa shape index (κ3) is 3.48. The van der Waals surface area contributed by atoms with Gasteiger partial charge in [0, 0.05) is 0 Å². The Morgan fingerprint density at radius 3 is 2.24 bits per heavy atom. The molecule has 0 fully saturated rings. The van der Waals surface area contributed by atoms with Crippen LogP contribution in [0.15, 0.2) is 21.5 Å². The van der Waals surface area contributed by atoms with Crippen LogP contribution >= 0.6 is 15.9 Å². The normalized spacial score (nSPS) is 12.5. The molecule has 0 radical (unpaired) electrons. The van der Waals surface area contributed by atoms with Gasteiger partial charge in [-0.3, -0.25) is 0 Å². The van der Waals surface area contributed by atoms with Crippen LogP contribution in [0.5, 0.6) is 5.75 Å². The van der Waals surface area contributed by atoms with Crippen LogP contribution in [-0.2, 0) is 10.0 Å². The molecule has 17 heavy (non-hydrogen) atoms. The summed E-state index contributed by atoms with van der Waals surface area (Å²) in [4.78, 5) is -0.426. The quantitative estimate of drug-likeness (QED) is 0.802. The molecule has 0 atom stereocenters. The van der Waals surface area contributed by atoms with Gasteiger partial charge in [-0.2, -0.15) is 0 Å². The largest absolute Gasteiger partial charge is 0.573 e. The maximum absolute atomic E-state index is 12.0. The zero-order valence-electron chi connectivity index (χ0n) is 7.95. The number of hydrogen-bond acceptors (Lipinski definition) is 4. The zero-order valence-corrected chi connectivity index (χ0v) is 10.4. The number of nitrogen functional groups attached to an aromatic ring is 1. The second-order valence-electron chi connectivity index (χ2n) is 2.88. The summed E-state index contributed by atoms with van der Waals surface area (Å²) in [7, 11) is -4.08. The fraction of sp³-hybridized carbons (Fsp3) is 0.143. The Balaban J connectivity index is 3.30. The number of ether oxygens (including phenoxy) is 1. The summed E-state index contributed by atoms with van der Waals surface area (Å²) in [5, 5.41) is 4.83. The first kappa shape index (κ1) is 14.1. The lowest BCUT2D eigenvalue weighted by molar-refractivity contribution is -0.274. The highest BCUT2D eigenvalue weighted by molar-refractivity contribution is 9.10. The summed E-state index contributed by atoms with van der Waals surface area (Å²) in [5.74, 6) is -0.711. The first-order valence-electron chi connectivity index (χ1n) is 3.89. The average Bonchev–Trinajstić information content (AvgIpc) is 2.08. The number of halogens is 4. The Labute approximate surface area is 103 Å². The van der Waals surface area contributed by atoms with E-state index in [1.807, 2.05) is 0 Å². The minimum atomic E-state index is -4.92. The molecule has 0 aromatic heterocycles. The Morgan fingerprint density at radius 2 is 1.82 bits per heavy atom. The molecular weight excluding hydrogens is 329 g/mol. The van der Waals surface area contributed by atoms with E-state index in [-0.39, 0.29) is 4.47 Å². The molecule has 0 aliphatic heterocycles. The molecule has 0 saturated heterocycles. The minimum absolute atomic E-state index is 0.276. The molecule has 4 N–H and O–H groups in total. The highest BCUT2D eigenvalue weighted by Crippen LogP contribution is 2.37. The summed E-state index contributed by atoms with van der Waals surface area (Å²) in [6.07, 6.45) is -4.92. The smallest absolute Gasteiger partial charge is 0.404 e. The topological polar surface area (TPSA) is 95.4 Å². The van der Waals surface area contributed by atoms with Crippen molar-refractivity contribution in [3.05, 3.63) is 16.6 Å². The van der Waals surface area contributed by atoms with E-state index in [0.717, 1.165) is 12.1 Å². The number of anilines is 1. The molecule has 0 amide bonds. The van der Waals surface area contributed by atoms with Gasteiger partial charge in [-0.15, -0.1) is 13.2 Å². The molecule has 1 aromatic rings. The van der Waals surface area contributed by atoms with E-state index in [1.165, 1.54) is 0 Å². The van der Waals surface area contributed by atoms with Crippen LogP contribution in [0.2, 0.25) is 0 Å². The number of benzene rings is 1. The van der Waals surface area contributed by atoms with Crippen LogP contribution in [0.1, 0.15) is 0 Å². The van der Waals surface area contributed by atoms with Gasteiger partial charge in [0.15, 0.2) is 5.75 Å². The van der Waals surface area contributed by atoms with Crippen LogP contribution in [-0.4, -0.2) is 14.8 Å². The number of alkyl halides is 3. The van der Waals surface area contributed by atoms with Gasteiger partial charge in [0.2, 0.25) is 10.0 Å². The third-order valence-corrected chi connectivity index (χ3v) is 3.71. The number of primary sulfonamides is 1. The van der Waals surface area contributed by atoms with Crippen molar-refractivity contribution in [3.8, 4) is 5.75 Å². The second-order valence-corrected chi connectivity index (χ2v) is 5.21. The Kier molecular flexibility index (Phi) is 3.60. The fourth-order valence-electron chi connectivity index (χ4n) is 0.989. The lowest BCUT2D eigenvalue weighted by Crippen LogP contribution is -2.19. The van der Waals surface area contributed by atoms with Gasteiger partial charge in [0.05, 0.1) is 15.1 Å². The predicted molar refractivity (Wildman–Crippen MR) is 56.6 cm³/mol. The van der Waals surface area contributed by atoms with Crippen LogP contribution in [0.4, 0.5) is 18.9 Å². The monoisotopic (exact) mass is 334 g/mol. The van der Waals surface area contributed by atoms with Gasteiger partial charge in [0.25, 0.3) is 0 Å². The Morgan fingerprint density at radius 1 is 1.29 bits per heavy atom. The van der Waals surface area contributed by atoms with E-state index in [4.69, 9.17) is 10.9 Å². The van der Waals surface area contributed by atoms with Gasteiger partial charge in [-0.25, -0.2) is 13.6 Å². The Bertz CT molecular complexity index is 544. The molecule has 1 aromatic carbocycles. The highest BCUT2D eigenvalue weighted by Gasteiger charge is 2.32. The van der Waals surface area contributed by atoms with Crippen molar-refractivity contribution >= 4 is 31.6 Å². The number of hydrogen-bond donors (Lipinski definition) is 2. The molecular formula is C7H6BrF3N2O3S. The maximum Gasteiger partial charge on any atom is 0.573 e. The zero-order chi connectivity index (χ0) is 13.4. The number of nitrogens with two attached hydrogens (primary N) is 2. The predicted octanol–water partition coefficient (Wildman–Crippen LogP) is 1.58. The molecule has 0 spiro atoms. The standard InChI is InChI=1S/C7H6BrF3N2O3S/c8-5-4(17(13,14)15)2-1-3(6(5)12)16-7(9,10)11/h1-2H,12H2,(H2,13,14,15). The number of rotatable bonds is 2. The van der Waals surface area contributed by atoms with E-state index < -0.39 is 32.7 Å². The van der Waals surface area contributed by atoms with E-state index >= 15 is 0 Å². The van der Waals surface area contributed by atoms with E-state index in [9.17, 15) is 21.6 Å². The lowest BCUT2D eigenvalue weighted by atomic mass is 10.3. The van der Waals surface area contributed by atoms with Crippen LogP contribution in [0, 0.1) is 0 Å². The van der Waals surface area contributed by atoms with Crippen molar-refractivity contribution in [1.29, 1.82) is 0 Å². The summed E-state index contributed by atoms with van der Waals surface area (Å²) < 4.78 is 61.2. The van der Waals surface area contributed by atoms with Gasteiger partial charge in [0.1, 0.15) is 0 Å². The SMILES string of the molecule is Nc1c(OC(F)(F)F)ccc(S(N)(=O)=O)c1Br. The molecule has 0 heterocycles. The fourth-order valence-corrected chi connectivity index (χ4v) is 2.61. The van der Waals surface area contributed by atoms with Crippen molar-refractivity contribution in [2.75, 3.05) is 5.73 Å². The van der Waals surface area contributed by atoms with Crippen molar-refractivity contribution < 1.29 is 26.3 Å². The van der Waals surface area contributed by atoms with Crippen molar-refractivity contribution in [3.63, 3.8) is 0 Å². The summed E-state index contributed by atoms with van der Waals surface area (Å²) in [6.45, 7) is 0. The van der Waals surface area contributed by atoms with Gasteiger partial charge in [-0.05, 0) is 28.1 Å². The summed E-state index contributed by atoms with van der Waals surface area (Å²) >= 11 is 2.74. The van der Waals surface area contributed by atoms with E-state index in [0.29, 0.717) is 0 Å². The average molecular weight is 335 g/mol. The molecule has 5 nitrogen and oxygen atoms in total. The van der Waals surface area contributed by atoms with Crippen molar-refractivity contribution in [2.45, 2.75) is 11.3 Å². The summed E-state index contributed by atoms with van der Waals surface area (Å²) in [5.41, 5.74) is 4.79. The van der Waals surface area contributed by atoms with Gasteiger partial charge >= 0.3 is 6.36 Å². The molecule has 0 bridgehead atoms. The van der Waals surface area contributed by atoms with Gasteiger partial charge in [-0.1, -0.05) is 0 Å². The van der Waals surface area contributed by atoms with Crippen LogP contribution in [0.25, 0.3) is 0 Å². The molecule has 0 saturated carbocycles. The molecule has 96 valence electrons. The molecule has 0 aliphatic rings. The maximum atomic E-state index is 12.0. The second kappa shape index (κ2) is 4.35. The van der Waals surface area contributed by atoms with E-state index in [1.54, 1.807) is 0 Å². The minimum Gasteiger partial charge on any atom is -0.404 e. The summed E-state index contributed by atoms with van der Waals surface area (Å²) in [6, 6.07) is 1.63. The molecule has 0 unspecified atom stereocenters. The first-order valence-corrected chi connectivity index (χ1v) is 6.23. The molecule has 0 aliphatic carbocycles. The van der Waals surface area contributed by atoms with Crippen molar-refractivity contribution in [2.24, 2.45) is 5.14 Å². The van der Waals surface area contributed by atoms with E-state index in [2.05, 4.69) is 20.7 Å². The van der Waals surface area contributed by atoms with Crippen molar-refractivity contribution in [1.82, 2.24) is 0 Å². The highest BCUT2D eigenvalue weighted by atomic mass is 79.9.